The summed E-state index contributed by atoms with van der Waals surface area (Å²) in [4.78, 5) is 12.7. The van der Waals surface area contributed by atoms with E-state index in [4.69, 9.17) is 16.1 Å². The lowest BCUT2D eigenvalue weighted by atomic mass is 10.1. The molecule has 0 aliphatic carbocycles. The molecule has 0 atom stereocenters. The fraction of sp³-hybridized carbons (Fsp3) is 0.278. The normalized spacial score (nSPS) is 11.1. The van der Waals surface area contributed by atoms with Crippen molar-refractivity contribution in [2.75, 3.05) is 5.32 Å². The molecule has 0 saturated heterocycles. The lowest BCUT2D eigenvalue weighted by Crippen LogP contribution is -2.17. The summed E-state index contributed by atoms with van der Waals surface area (Å²) in [5, 5.41) is 11.2. The van der Waals surface area contributed by atoms with Crippen molar-refractivity contribution in [1.82, 2.24) is 14.9 Å². The Morgan fingerprint density at radius 3 is 2.68 bits per heavy atom. The number of aromatic nitrogens is 3. The lowest BCUT2D eigenvalue weighted by Gasteiger charge is -2.11. The van der Waals surface area contributed by atoms with Gasteiger partial charge >= 0.3 is 6.61 Å². The maximum Gasteiger partial charge on any atom is 0.387 e. The molecule has 28 heavy (non-hydrogen) atoms. The third-order valence-corrected chi connectivity index (χ3v) is 4.70. The number of alkyl halides is 2. The van der Waals surface area contributed by atoms with Crippen molar-refractivity contribution < 1.29 is 22.8 Å². The molecule has 148 valence electrons. The van der Waals surface area contributed by atoms with Gasteiger partial charge in [0.2, 0.25) is 0 Å². The van der Waals surface area contributed by atoms with Crippen LogP contribution in [0.15, 0.2) is 28.8 Å². The van der Waals surface area contributed by atoms with Gasteiger partial charge in [0.25, 0.3) is 5.91 Å². The SMILES string of the molecule is Cc1nn(Cc2c(C(=O)Nc3ccccc3OC(F)F)noc2C)c(C)c1Cl. The quantitative estimate of drug-likeness (QED) is 0.653. The highest BCUT2D eigenvalue weighted by molar-refractivity contribution is 6.31. The number of hydrogen-bond donors (Lipinski definition) is 1. The van der Waals surface area contributed by atoms with Crippen molar-refractivity contribution in [2.45, 2.75) is 33.9 Å². The summed E-state index contributed by atoms with van der Waals surface area (Å²) < 4.78 is 36.3. The Morgan fingerprint density at radius 2 is 2.04 bits per heavy atom. The second kappa shape index (κ2) is 7.97. The summed E-state index contributed by atoms with van der Waals surface area (Å²) in [5.41, 5.74) is 2.02. The number of nitrogens with one attached hydrogen (secondary N) is 1. The summed E-state index contributed by atoms with van der Waals surface area (Å²) >= 11 is 6.17. The Morgan fingerprint density at radius 1 is 1.32 bits per heavy atom. The van der Waals surface area contributed by atoms with E-state index in [1.165, 1.54) is 18.2 Å². The maximum absolute atomic E-state index is 12.7. The first-order valence-corrected chi connectivity index (χ1v) is 8.65. The Labute approximate surface area is 164 Å². The minimum atomic E-state index is -3.02. The van der Waals surface area contributed by atoms with Crippen LogP contribution in [0.1, 0.15) is 33.2 Å². The van der Waals surface area contributed by atoms with Crippen LogP contribution in [0.5, 0.6) is 5.75 Å². The minimum absolute atomic E-state index is 0.0213. The van der Waals surface area contributed by atoms with E-state index >= 15 is 0 Å². The van der Waals surface area contributed by atoms with E-state index in [-0.39, 0.29) is 23.7 Å². The van der Waals surface area contributed by atoms with Gasteiger partial charge in [0.05, 0.1) is 28.6 Å². The van der Waals surface area contributed by atoms with Gasteiger partial charge in [-0.05, 0) is 32.9 Å². The van der Waals surface area contributed by atoms with Gasteiger partial charge in [-0.3, -0.25) is 9.48 Å². The van der Waals surface area contributed by atoms with Crippen LogP contribution in [0.4, 0.5) is 14.5 Å². The van der Waals surface area contributed by atoms with Crippen LogP contribution in [0.2, 0.25) is 5.02 Å². The molecule has 0 bridgehead atoms. The van der Waals surface area contributed by atoms with E-state index < -0.39 is 12.5 Å². The van der Waals surface area contributed by atoms with E-state index in [0.717, 1.165) is 5.69 Å². The molecule has 0 aliphatic heterocycles. The molecule has 7 nitrogen and oxygen atoms in total. The second-order valence-corrected chi connectivity index (χ2v) is 6.42. The lowest BCUT2D eigenvalue weighted by molar-refractivity contribution is -0.0493. The zero-order valence-electron chi connectivity index (χ0n) is 15.3. The predicted molar refractivity (Wildman–Crippen MR) is 98.1 cm³/mol. The first-order valence-electron chi connectivity index (χ1n) is 8.27. The molecule has 0 radical (unpaired) electrons. The summed E-state index contributed by atoms with van der Waals surface area (Å²) in [6, 6.07) is 5.88. The molecule has 0 fully saturated rings. The van der Waals surface area contributed by atoms with Crippen molar-refractivity contribution in [2.24, 2.45) is 0 Å². The van der Waals surface area contributed by atoms with Crippen LogP contribution in [0, 0.1) is 20.8 Å². The first kappa shape index (κ1) is 19.8. The van der Waals surface area contributed by atoms with Crippen LogP contribution in [-0.2, 0) is 6.54 Å². The summed E-state index contributed by atoms with van der Waals surface area (Å²) in [6.45, 7) is 2.45. The molecule has 10 heteroatoms. The Hall–Kier alpha value is -2.94. The Balaban J connectivity index is 1.87. The molecular formula is C18H17ClF2N4O3. The topological polar surface area (TPSA) is 82.2 Å². The highest BCUT2D eigenvalue weighted by atomic mass is 35.5. The van der Waals surface area contributed by atoms with E-state index in [9.17, 15) is 13.6 Å². The van der Waals surface area contributed by atoms with Crippen molar-refractivity contribution in [3.8, 4) is 5.75 Å². The molecule has 2 aromatic heterocycles. The van der Waals surface area contributed by atoms with Gasteiger partial charge in [-0.25, -0.2) is 0 Å². The second-order valence-electron chi connectivity index (χ2n) is 6.04. The number of rotatable bonds is 6. The minimum Gasteiger partial charge on any atom is -0.433 e. The van der Waals surface area contributed by atoms with Crippen LogP contribution in [0.3, 0.4) is 0 Å². The fourth-order valence-corrected chi connectivity index (χ4v) is 2.82. The van der Waals surface area contributed by atoms with Crippen molar-refractivity contribution in [3.05, 3.63) is 57.7 Å². The van der Waals surface area contributed by atoms with E-state index in [0.29, 0.717) is 22.0 Å². The molecular weight excluding hydrogens is 394 g/mol. The number of anilines is 1. The average Bonchev–Trinajstić information content (AvgIpc) is 3.12. The van der Waals surface area contributed by atoms with Gasteiger partial charge in [-0.1, -0.05) is 28.9 Å². The molecule has 1 aromatic carbocycles. The zero-order valence-corrected chi connectivity index (χ0v) is 16.1. The summed E-state index contributed by atoms with van der Waals surface area (Å²) in [7, 11) is 0. The van der Waals surface area contributed by atoms with Crippen molar-refractivity contribution in [1.29, 1.82) is 0 Å². The number of aryl methyl sites for hydroxylation is 2. The van der Waals surface area contributed by atoms with Gasteiger partial charge in [0.1, 0.15) is 11.5 Å². The van der Waals surface area contributed by atoms with Crippen LogP contribution in [-0.4, -0.2) is 27.5 Å². The largest absolute Gasteiger partial charge is 0.433 e. The highest BCUT2D eigenvalue weighted by Gasteiger charge is 2.23. The van der Waals surface area contributed by atoms with E-state index in [2.05, 4.69) is 20.3 Å². The molecule has 1 amide bonds. The van der Waals surface area contributed by atoms with Gasteiger partial charge in [-0.15, -0.1) is 0 Å². The van der Waals surface area contributed by atoms with E-state index in [1.54, 1.807) is 24.6 Å². The zero-order chi connectivity index (χ0) is 20.4. The molecule has 0 spiro atoms. The van der Waals surface area contributed by atoms with Crippen LogP contribution >= 0.6 is 11.6 Å². The molecule has 3 aromatic rings. The van der Waals surface area contributed by atoms with Crippen LogP contribution in [0.25, 0.3) is 0 Å². The number of hydrogen-bond acceptors (Lipinski definition) is 5. The highest BCUT2D eigenvalue weighted by Crippen LogP contribution is 2.27. The monoisotopic (exact) mass is 410 g/mol. The molecule has 0 aliphatic rings. The Bertz CT molecular complexity index is 1020. The van der Waals surface area contributed by atoms with Crippen LogP contribution < -0.4 is 10.1 Å². The number of carbonyl (C=O) groups is 1. The number of ether oxygens (including phenoxy) is 1. The van der Waals surface area contributed by atoms with Gasteiger partial charge in [0, 0.05) is 5.56 Å². The Kier molecular flexibility index (Phi) is 5.64. The number of benzene rings is 1. The van der Waals surface area contributed by atoms with Gasteiger partial charge in [-0.2, -0.15) is 13.9 Å². The molecule has 2 heterocycles. The van der Waals surface area contributed by atoms with Crippen molar-refractivity contribution in [3.63, 3.8) is 0 Å². The number of para-hydroxylation sites is 2. The summed E-state index contributed by atoms with van der Waals surface area (Å²) in [5.74, 6) is -0.339. The summed E-state index contributed by atoms with van der Waals surface area (Å²) in [6.07, 6.45) is 0. The van der Waals surface area contributed by atoms with Gasteiger partial charge in [0.15, 0.2) is 5.69 Å². The standard InChI is InChI=1S/C18H17ClF2N4O3/c1-9-15(19)10(2)25(23-9)8-12-11(3)28-24-16(12)17(26)22-13-6-4-5-7-14(13)27-18(20)21/h4-7,18H,8H2,1-3H3,(H,22,26). The number of halogens is 3. The molecule has 0 saturated carbocycles. The smallest absolute Gasteiger partial charge is 0.387 e. The van der Waals surface area contributed by atoms with Crippen molar-refractivity contribution >= 4 is 23.2 Å². The fourth-order valence-electron chi connectivity index (χ4n) is 2.68. The molecule has 0 unspecified atom stereocenters. The number of amides is 1. The third kappa shape index (κ3) is 3.99. The van der Waals surface area contributed by atoms with Gasteiger partial charge < -0.3 is 14.6 Å². The predicted octanol–water partition coefficient (Wildman–Crippen LogP) is 4.35. The molecule has 3 rings (SSSR count). The maximum atomic E-state index is 12.7. The third-order valence-electron chi connectivity index (χ3n) is 4.15. The number of carbonyl (C=O) groups excluding carboxylic acids is 1. The number of nitrogens with zero attached hydrogens (tertiary/aromatic N) is 3. The first-order chi connectivity index (χ1) is 13.3. The van der Waals surface area contributed by atoms with E-state index in [1.807, 2.05) is 6.92 Å². The molecule has 1 N–H and O–H groups in total. The average molecular weight is 411 g/mol.